The highest BCUT2D eigenvalue weighted by atomic mass is 19.3. The second kappa shape index (κ2) is 4.32. The zero-order valence-electron chi connectivity index (χ0n) is 10.6. The Morgan fingerprint density at radius 1 is 0.818 bits per heavy atom. The molecule has 116 valence electrons. The lowest BCUT2D eigenvalue weighted by Gasteiger charge is -2.31. The first-order chi connectivity index (χ1) is 10.2. The van der Waals surface area contributed by atoms with Gasteiger partial charge in [-0.25, -0.2) is 0 Å². The van der Waals surface area contributed by atoms with Crippen LogP contribution in [0.3, 0.4) is 0 Å². The molecule has 0 fully saturated rings. The number of ether oxygens (including phenoxy) is 2. The van der Waals surface area contributed by atoms with Gasteiger partial charge in [-0.2, -0.15) is 32.5 Å². The summed E-state index contributed by atoms with van der Waals surface area (Å²) in [4.78, 5) is 11.1. The predicted octanol–water partition coefficient (Wildman–Crippen LogP) is 1.66. The summed E-state index contributed by atoms with van der Waals surface area (Å²) in [6.07, 6.45) is -9.58. The molecular weight excluding hydrogens is 310 g/mol. The van der Waals surface area contributed by atoms with Gasteiger partial charge in [0, 0.05) is 5.56 Å². The maximum Gasteiger partial charge on any atom is 0.507 e. The summed E-state index contributed by atoms with van der Waals surface area (Å²) >= 11 is 0. The van der Waals surface area contributed by atoms with E-state index in [-0.39, 0.29) is 23.3 Å². The first-order valence-electron chi connectivity index (χ1n) is 5.73. The van der Waals surface area contributed by atoms with Crippen LogP contribution in [-0.4, -0.2) is 27.2 Å². The highest BCUT2D eigenvalue weighted by molar-refractivity contribution is 5.62. The molecule has 0 atom stereocenters. The van der Waals surface area contributed by atoms with Crippen LogP contribution in [0.15, 0.2) is 18.2 Å². The van der Waals surface area contributed by atoms with Gasteiger partial charge < -0.3 is 20.9 Å². The molecule has 2 heterocycles. The fraction of sp³-hybridized carbons (Fsp3) is 0.182. The van der Waals surface area contributed by atoms with Crippen molar-refractivity contribution in [2.24, 2.45) is 0 Å². The summed E-state index contributed by atoms with van der Waals surface area (Å²) in [5, 5.41) is 0. The Balaban J connectivity index is 2.05. The predicted molar refractivity (Wildman–Crippen MR) is 65.2 cm³/mol. The van der Waals surface area contributed by atoms with Gasteiger partial charge in [0.2, 0.25) is 11.9 Å². The maximum atomic E-state index is 13.1. The maximum absolute atomic E-state index is 13.1. The number of hydrogen-bond donors (Lipinski definition) is 2. The molecule has 0 amide bonds. The number of nitrogen functional groups attached to an aromatic ring is 2. The number of nitrogens with zero attached hydrogens (tertiary/aromatic N) is 3. The van der Waals surface area contributed by atoms with Crippen molar-refractivity contribution in [3.05, 3.63) is 18.2 Å². The molecule has 11 heteroatoms. The molecule has 1 aliphatic heterocycles. The number of halogens is 4. The van der Waals surface area contributed by atoms with Crippen LogP contribution in [0, 0.1) is 0 Å². The van der Waals surface area contributed by atoms with E-state index in [1.54, 1.807) is 0 Å². The molecule has 0 radical (unpaired) electrons. The lowest BCUT2D eigenvalue weighted by molar-refractivity contribution is -0.391. The minimum Gasteiger partial charge on any atom is -0.421 e. The van der Waals surface area contributed by atoms with Crippen molar-refractivity contribution in [3.63, 3.8) is 0 Å². The van der Waals surface area contributed by atoms with E-state index in [1.165, 1.54) is 6.07 Å². The van der Waals surface area contributed by atoms with Crippen LogP contribution >= 0.6 is 0 Å². The van der Waals surface area contributed by atoms with Gasteiger partial charge in [-0.3, -0.25) is 0 Å². The number of aromatic nitrogens is 3. The molecule has 1 aromatic carbocycles. The Hall–Kier alpha value is -2.85. The fourth-order valence-corrected chi connectivity index (χ4v) is 1.74. The van der Waals surface area contributed by atoms with Gasteiger partial charge >= 0.3 is 12.2 Å². The molecule has 0 aliphatic carbocycles. The molecule has 1 aromatic heterocycles. The van der Waals surface area contributed by atoms with Crippen molar-refractivity contribution >= 4 is 11.9 Å². The van der Waals surface area contributed by atoms with E-state index in [2.05, 4.69) is 24.4 Å². The smallest absolute Gasteiger partial charge is 0.421 e. The molecule has 1 aliphatic rings. The van der Waals surface area contributed by atoms with Crippen LogP contribution in [0.1, 0.15) is 0 Å². The quantitative estimate of drug-likeness (QED) is 0.770. The Bertz CT molecular complexity index is 735. The lowest BCUT2D eigenvalue weighted by atomic mass is 10.2. The van der Waals surface area contributed by atoms with E-state index in [1.807, 2.05) is 0 Å². The van der Waals surface area contributed by atoms with Crippen molar-refractivity contribution in [1.82, 2.24) is 15.0 Å². The van der Waals surface area contributed by atoms with Crippen molar-refractivity contribution in [2.75, 3.05) is 11.5 Å². The first-order valence-corrected chi connectivity index (χ1v) is 5.73. The molecule has 22 heavy (non-hydrogen) atoms. The Labute approximate surface area is 119 Å². The summed E-state index contributed by atoms with van der Waals surface area (Å²) < 4.78 is 60.3. The topological polar surface area (TPSA) is 109 Å². The molecule has 0 spiro atoms. The summed E-state index contributed by atoms with van der Waals surface area (Å²) in [5.41, 5.74) is 10.9. The van der Waals surface area contributed by atoms with Crippen molar-refractivity contribution in [2.45, 2.75) is 12.2 Å². The van der Waals surface area contributed by atoms with E-state index < -0.39 is 23.7 Å². The summed E-state index contributed by atoms with van der Waals surface area (Å²) in [6.45, 7) is 0. The van der Waals surface area contributed by atoms with Crippen LogP contribution in [0.2, 0.25) is 0 Å². The van der Waals surface area contributed by atoms with Crippen molar-refractivity contribution in [1.29, 1.82) is 0 Å². The minimum atomic E-state index is -4.81. The van der Waals surface area contributed by atoms with Gasteiger partial charge in [0.05, 0.1) is 0 Å². The van der Waals surface area contributed by atoms with Crippen LogP contribution < -0.4 is 20.9 Å². The number of rotatable bonds is 1. The number of fused-ring (bicyclic) bond motifs is 1. The summed E-state index contributed by atoms with van der Waals surface area (Å²) in [6, 6.07) is 3.28. The first kappa shape index (κ1) is 14.1. The normalized spacial score (nSPS) is 18.0. The van der Waals surface area contributed by atoms with Gasteiger partial charge in [-0.05, 0) is 18.2 Å². The van der Waals surface area contributed by atoms with E-state index in [4.69, 9.17) is 11.5 Å². The standard InChI is InChI=1S/C11H7F4N5O2/c12-10(13)11(14,15)22-6-3-4(1-2-5(6)21-10)7-18-8(16)20-9(17)19-7/h1-3H,(H4,16,17,18,19,20). The zero-order valence-corrected chi connectivity index (χ0v) is 10.6. The Kier molecular flexibility index (Phi) is 2.77. The third-order valence-electron chi connectivity index (χ3n) is 2.69. The molecule has 0 bridgehead atoms. The van der Waals surface area contributed by atoms with E-state index in [0.29, 0.717) is 0 Å². The largest absolute Gasteiger partial charge is 0.507 e. The van der Waals surface area contributed by atoms with E-state index >= 15 is 0 Å². The average molecular weight is 317 g/mol. The van der Waals surface area contributed by atoms with Crippen LogP contribution in [0.4, 0.5) is 29.5 Å². The van der Waals surface area contributed by atoms with Gasteiger partial charge in [-0.1, -0.05) is 0 Å². The molecule has 2 aromatic rings. The van der Waals surface area contributed by atoms with E-state index in [9.17, 15) is 17.6 Å². The summed E-state index contributed by atoms with van der Waals surface area (Å²) in [5.74, 6) is -1.54. The Morgan fingerprint density at radius 3 is 1.95 bits per heavy atom. The number of anilines is 2. The minimum absolute atomic E-state index is 0.0305. The Morgan fingerprint density at radius 2 is 1.36 bits per heavy atom. The third-order valence-corrected chi connectivity index (χ3v) is 2.69. The molecule has 0 saturated carbocycles. The molecule has 7 nitrogen and oxygen atoms in total. The second-order valence-corrected chi connectivity index (χ2v) is 4.27. The number of alkyl halides is 4. The van der Waals surface area contributed by atoms with Crippen molar-refractivity contribution < 1.29 is 27.0 Å². The lowest BCUT2D eigenvalue weighted by Crippen LogP contribution is -2.52. The molecule has 0 unspecified atom stereocenters. The molecule has 4 N–H and O–H groups in total. The zero-order chi connectivity index (χ0) is 16.1. The second-order valence-electron chi connectivity index (χ2n) is 4.27. The molecule has 3 rings (SSSR count). The molecular formula is C11H7F4N5O2. The summed E-state index contributed by atoms with van der Waals surface area (Å²) in [7, 11) is 0. The molecule has 0 saturated heterocycles. The van der Waals surface area contributed by atoms with Gasteiger partial charge in [0.15, 0.2) is 17.3 Å². The van der Waals surface area contributed by atoms with Gasteiger partial charge in [0.25, 0.3) is 0 Å². The van der Waals surface area contributed by atoms with Crippen LogP contribution in [0.5, 0.6) is 11.5 Å². The SMILES string of the molecule is Nc1nc(N)nc(-c2ccc3c(c2)OC(F)(F)C(F)(F)O3)n1. The average Bonchev–Trinajstić information content (AvgIpc) is 2.37. The van der Waals surface area contributed by atoms with Crippen molar-refractivity contribution in [3.8, 4) is 22.9 Å². The monoisotopic (exact) mass is 317 g/mol. The number of benzene rings is 1. The van der Waals surface area contributed by atoms with Crippen LogP contribution in [-0.2, 0) is 0 Å². The highest BCUT2D eigenvalue weighted by Gasteiger charge is 2.65. The van der Waals surface area contributed by atoms with E-state index in [0.717, 1.165) is 12.1 Å². The van der Waals surface area contributed by atoms with Crippen LogP contribution in [0.25, 0.3) is 11.4 Å². The third kappa shape index (κ3) is 2.19. The van der Waals surface area contributed by atoms with Gasteiger partial charge in [0.1, 0.15) is 0 Å². The highest BCUT2D eigenvalue weighted by Crippen LogP contribution is 2.47. The number of hydrogen-bond acceptors (Lipinski definition) is 7. The van der Waals surface area contributed by atoms with Gasteiger partial charge in [-0.15, -0.1) is 0 Å². The number of nitrogens with two attached hydrogens (primary N) is 2. The fourth-order valence-electron chi connectivity index (χ4n) is 1.74.